The third-order valence-electron chi connectivity index (χ3n) is 4.36. The third-order valence-corrected chi connectivity index (χ3v) is 4.69. The van der Waals surface area contributed by atoms with E-state index < -0.39 is 29.1 Å². The first-order chi connectivity index (χ1) is 12.4. The van der Waals surface area contributed by atoms with Gasteiger partial charge in [0.2, 0.25) is 0 Å². The van der Waals surface area contributed by atoms with Crippen LogP contribution in [0, 0.1) is 0 Å². The van der Waals surface area contributed by atoms with E-state index in [-0.39, 0.29) is 34.6 Å². The van der Waals surface area contributed by atoms with Gasteiger partial charge in [-0.25, -0.2) is 4.39 Å². The van der Waals surface area contributed by atoms with E-state index in [0.717, 1.165) is 0 Å². The number of rotatable bonds is 4. The average Bonchev–Trinajstić information content (AvgIpc) is 2.58. The van der Waals surface area contributed by atoms with Crippen molar-refractivity contribution < 1.29 is 30.7 Å². The summed E-state index contributed by atoms with van der Waals surface area (Å²) in [5, 5.41) is -0.0654. The lowest BCUT2D eigenvalue weighted by molar-refractivity contribution is -0.348. The normalized spacial score (nSPS) is 13.1. The summed E-state index contributed by atoms with van der Waals surface area (Å²) in [7, 11) is 0. The van der Waals surface area contributed by atoms with E-state index in [0.29, 0.717) is 6.07 Å². The summed E-state index contributed by atoms with van der Waals surface area (Å²) in [6, 6.07) is 7.62. The van der Waals surface area contributed by atoms with Crippen LogP contribution >= 0.6 is 11.6 Å². The lowest BCUT2D eigenvalue weighted by atomic mass is 9.82. The van der Waals surface area contributed by atoms with E-state index in [1.165, 1.54) is 30.3 Å². The number of aryl methyl sites for hydroxylation is 2. The van der Waals surface area contributed by atoms with Crippen LogP contribution in [-0.2, 0) is 18.5 Å². The van der Waals surface area contributed by atoms with Crippen molar-refractivity contribution in [3.63, 3.8) is 0 Å². The van der Waals surface area contributed by atoms with Crippen molar-refractivity contribution in [2.24, 2.45) is 0 Å². The van der Waals surface area contributed by atoms with Gasteiger partial charge in [0.15, 0.2) is 0 Å². The number of hydrogen-bond acceptors (Lipinski definition) is 0. The van der Waals surface area contributed by atoms with Crippen molar-refractivity contribution in [3.05, 3.63) is 58.1 Å². The lowest BCUT2D eigenvalue weighted by Gasteiger charge is -2.33. The van der Waals surface area contributed by atoms with Gasteiger partial charge in [0.1, 0.15) is 0 Å². The van der Waals surface area contributed by atoms with Crippen LogP contribution in [0.15, 0.2) is 36.4 Å². The predicted octanol–water partition coefficient (Wildman–Crippen LogP) is 7.42. The van der Waals surface area contributed by atoms with Gasteiger partial charge < -0.3 is 0 Å². The van der Waals surface area contributed by atoms with Gasteiger partial charge in [-0.1, -0.05) is 55.8 Å². The molecule has 0 heterocycles. The van der Waals surface area contributed by atoms with Crippen LogP contribution in [-0.4, -0.2) is 12.4 Å². The van der Waals surface area contributed by atoms with Gasteiger partial charge in [0.25, 0.3) is 0 Å². The first-order valence-corrected chi connectivity index (χ1v) is 8.49. The molecule has 2 aromatic rings. The molecule has 0 unspecified atom stereocenters. The standard InChI is InChI=1S/C19H16ClF7/c1-3-11-9-12(4-2)16(13-7-5-6-8-15(13)20)14(10-11)17(21,18(22,23)24)19(25,26)27/h5-10H,3-4H2,1-2H3. The molecular formula is C19H16ClF7. The zero-order valence-electron chi connectivity index (χ0n) is 14.4. The number of hydrogen-bond donors (Lipinski definition) is 0. The number of benzene rings is 2. The molecule has 0 aliphatic heterocycles. The van der Waals surface area contributed by atoms with Gasteiger partial charge in [0.05, 0.1) is 0 Å². The van der Waals surface area contributed by atoms with Gasteiger partial charge in [-0.3, -0.25) is 0 Å². The van der Waals surface area contributed by atoms with E-state index >= 15 is 0 Å². The minimum atomic E-state index is -6.20. The average molecular weight is 413 g/mol. The second-order valence-corrected chi connectivity index (χ2v) is 6.43. The van der Waals surface area contributed by atoms with Gasteiger partial charge >= 0.3 is 18.0 Å². The summed E-state index contributed by atoms with van der Waals surface area (Å²) >= 11 is 6.03. The lowest BCUT2D eigenvalue weighted by Crippen LogP contribution is -2.50. The molecule has 0 N–H and O–H groups in total. The highest BCUT2D eigenvalue weighted by molar-refractivity contribution is 6.33. The molecule has 0 aromatic heterocycles. The molecule has 27 heavy (non-hydrogen) atoms. The highest BCUT2D eigenvalue weighted by Gasteiger charge is 2.74. The van der Waals surface area contributed by atoms with Crippen molar-refractivity contribution in [1.29, 1.82) is 0 Å². The molecule has 0 aliphatic carbocycles. The van der Waals surface area contributed by atoms with E-state index in [2.05, 4.69) is 0 Å². The maximum atomic E-state index is 15.0. The van der Waals surface area contributed by atoms with Crippen molar-refractivity contribution in [3.8, 4) is 11.1 Å². The summed E-state index contributed by atoms with van der Waals surface area (Å²) in [6.07, 6.45) is -12.1. The topological polar surface area (TPSA) is 0 Å². The fourth-order valence-corrected chi connectivity index (χ4v) is 3.20. The molecular weight excluding hydrogens is 397 g/mol. The Balaban J connectivity index is 3.04. The Morgan fingerprint density at radius 2 is 1.37 bits per heavy atom. The van der Waals surface area contributed by atoms with Crippen LogP contribution in [0.2, 0.25) is 5.02 Å². The molecule has 0 saturated heterocycles. The summed E-state index contributed by atoms with van der Waals surface area (Å²) in [6.45, 7) is 3.13. The predicted molar refractivity (Wildman–Crippen MR) is 90.5 cm³/mol. The van der Waals surface area contributed by atoms with Gasteiger partial charge in [-0.2, -0.15) is 26.3 Å². The molecule has 0 radical (unpaired) electrons. The van der Waals surface area contributed by atoms with Gasteiger partial charge in [-0.05, 0) is 35.6 Å². The molecule has 0 nitrogen and oxygen atoms in total. The Morgan fingerprint density at radius 3 is 1.81 bits per heavy atom. The van der Waals surface area contributed by atoms with Gasteiger partial charge in [0, 0.05) is 16.1 Å². The Bertz CT molecular complexity index is 808. The summed E-state index contributed by atoms with van der Waals surface area (Å²) < 4.78 is 95.5. The van der Waals surface area contributed by atoms with Gasteiger partial charge in [-0.15, -0.1) is 0 Å². The molecule has 2 rings (SSSR count). The minimum absolute atomic E-state index is 0.0654. The third kappa shape index (κ3) is 3.66. The quantitative estimate of drug-likeness (QED) is 0.458. The Hall–Kier alpha value is -1.76. The van der Waals surface area contributed by atoms with Crippen molar-refractivity contribution in [2.45, 2.75) is 44.7 Å². The van der Waals surface area contributed by atoms with Crippen molar-refractivity contribution >= 4 is 11.6 Å². The van der Waals surface area contributed by atoms with Crippen LogP contribution in [0.4, 0.5) is 30.7 Å². The molecule has 0 amide bonds. The van der Waals surface area contributed by atoms with Crippen LogP contribution in [0.5, 0.6) is 0 Å². The summed E-state index contributed by atoms with van der Waals surface area (Å²) in [5.41, 5.74) is -7.22. The number of halogens is 8. The molecule has 0 atom stereocenters. The highest BCUT2D eigenvalue weighted by Crippen LogP contribution is 2.56. The second-order valence-electron chi connectivity index (χ2n) is 6.02. The Morgan fingerprint density at radius 1 is 0.815 bits per heavy atom. The fourth-order valence-electron chi connectivity index (χ4n) is 2.97. The van der Waals surface area contributed by atoms with Crippen LogP contribution in [0.3, 0.4) is 0 Å². The van der Waals surface area contributed by atoms with E-state index in [1.807, 2.05) is 0 Å². The molecule has 2 aromatic carbocycles. The number of alkyl halides is 7. The SMILES string of the molecule is CCc1cc(CC)c(-c2ccccc2Cl)c(C(F)(C(F)(F)F)C(F)(F)F)c1. The molecule has 8 heteroatoms. The van der Waals surface area contributed by atoms with E-state index in [4.69, 9.17) is 11.6 Å². The second kappa shape index (κ2) is 7.34. The molecule has 0 aliphatic rings. The van der Waals surface area contributed by atoms with E-state index in [1.54, 1.807) is 13.8 Å². The van der Waals surface area contributed by atoms with E-state index in [9.17, 15) is 30.7 Å². The smallest absolute Gasteiger partial charge is 0.218 e. The first kappa shape index (κ1) is 21.5. The first-order valence-electron chi connectivity index (χ1n) is 8.12. The van der Waals surface area contributed by atoms with Crippen LogP contribution < -0.4 is 0 Å². The summed E-state index contributed by atoms with van der Waals surface area (Å²) in [4.78, 5) is 0. The Kier molecular flexibility index (Phi) is 5.85. The zero-order chi connectivity index (χ0) is 20.6. The molecule has 0 saturated carbocycles. The Labute approximate surface area is 157 Å². The maximum Gasteiger partial charge on any atom is 0.435 e. The molecule has 148 valence electrons. The summed E-state index contributed by atoms with van der Waals surface area (Å²) in [5.74, 6) is 0. The minimum Gasteiger partial charge on any atom is -0.218 e. The monoisotopic (exact) mass is 412 g/mol. The fraction of sp³-hybridized carbons (Fsp3) is 0.368. The van der Waals surface area contributed by atoms with Crippen LogP contribution in [0.1, 0.15) is 30.5 Å². The molecule has 0 spiro atoms. The molecule has 0 bridgehead atoms. The molecule has 0 fully saturated rings. The van der Waals surface area contributed by atoms with Crippen molar-refractivity contribution in [1.82, 2.24) is 0 Å². The highest BCUT2D eigenvalue weighted by atomic mass is 35.5. The van der Waals surface area contributed by atoms with Crippen LogP contribution in [0.25, 0.3) is 11.1 Å². The zero-order valence-corrected chi connectivity index (χ0v) is 15.2. The maximum absolute atomic E-state index is 15.0. The van der Waals surface area contributed by atoms with Crippen molar-refractivity contribution in [2.75, 3.05) is 0 Å². The largest absolute Gasteiger partial charge is 0.435 e.